The minimum atomic E-state index is -0.937. The van der Waals surface area contributed by atoms with E-state index in [0.29, 0.717) is 6.04 Å². The first-order chi connectivity index (χ1) is 9.08. The summed E-state index contributed by atoms with van der Waals surface area (Å²) in [6.45, 7) is 5.28. The van der Waals surface area contributed by atoms with Crippen molar-refractivity contribution in [1.82, 2.24) is 4.98 Å². The molecule has 0 aliphatic heterocycles. The lowest BCUT2D eigenvalue weighted by Gasteiger charge is -2.29. The van der Waals surface area contributed by atoms with E-state index >= 15 is 0 Å². The summed E-state index contributed by atoms with van der Waals surface area (Å²) in [4.78, 5) is 17.4. The van der Waals surface area contributed by atoms with Crippen molar-refractivity contribution >= 4 is 17.9 Å². The molecule has 0 atom stereocenters. The molecule has 0 unspecified atom stereocenters. The fraction of sp³-hybridized carbons (Fsp3) is 0.467. The number of rotatable bonds is 6. The third kappa shape index (κ3) is 3.81. The molecule has 4 nitrogen and oxygen atoms in total. The SMILES string of the molecule is CC(C)N(CC1CC1)c1ncccc1/C=C/C(=O)O. The first kappa shape index (κ1) is 13.6. The number of carboxylic acid groups (broad SMARTS) is 1. The summed E-state index contributed by atoms with van der Waals surface area (Å²) in [7, 11) is 0. The number of pyridine rings is 1. The van der Waals surface area contributed by atoms with E-state index in [0.717, 1.165) is 29.9 Å². The van der Waals surface area contributed by atoms with E-state index in [4.69, 9.17) is 5.11 Å². The highest BCUT2D eigenvalue weighted by Gasteiger charge is 2.26. The Morgan fingerprint density at radius 1 is 1.58 bits per heavy atom. The summed E-state index contributed by atoms with van der Waals surface area (Å²) in [5.41, 5.74) is 0.860. The van der Waals surface area contributed by atoms with Gasteiger partial charge in [0.25, 0.3) is 0 Å². The number of aliphatic carboxylic acids is 1. The molecule has 1 saturated carbocycles. The lowest BCUT2D eigenvalue weighted by atomic mass is 10.2. The van der Waals surface area contributed by atoms with Crippen molar-refractivity contribution in [2.75, 3.05) is 11.4 Å². The third-order valence-electron chi connectivity index (χ3n) is 3.27. The number of carbonyl (C=O) groups is 1. The molecular weight excluding hydrogens is 240 g/mol. The van der Waals surface area contributed by atoms with Crippen LogP contribution in [0, 0.1) is 5.92 Å². The Hall–Kier alpha value is -1.84. The van der Waals surface area contributed by atoms with Gasteiger partial charge in [-0.2, -0.15) is 0 Å². The van der Waals surface area contributed by atoms with Gasteiger partial charge in [-0.25, -0.2) is 9.78 Å². The van der Waals surface area contributed by atoms with Gasteiger partial charge in [0.05, 0.1) is 0 Å². The van der Waals surface area contributed by atoms with Crippen LogP contribution in [-0.4, -0.2) is 28.6 Å². The first-order valence-electron chi connectivity index (χ1n) is 6.70. The van der Waals surface area contributed by atoms with Crippen molar-refractivity contribution in [3.05, 3.63) is 30.0 Å². The van der Waals surface area contributed by atoms with E-state index in [1.165, 1.54) is 12.8 Å². The maximum atomic E-state index is 10.7. The summed E-state index contributed by atoms with van der Waals surface area (Å²) in [5.74, 6) is 0.704. The van der Waals surface area contributed by atoms with Crippen LogP contribution in [0.1, 0.15) is 32.3 Å². The zero-order valence-electron chi connectivity index (χ0n) is 11.4. The molecule has 1 aliphatic rings. The van der Waals surface area contributed by atoms with E-state index in [1.54, 1.807) is 12.3 Å². The summed E-state index contributed by atoms with van der Waals surface area (Å²) >= 11 is 0. The van der Waals surface area contributed by atoms with Crippen LogP contribution in [0.15, 0.2) is 24.4 Å². The van der Waals surface area contributed by atoms with Crippen LogP contribution < -0.4 is 4.90 Å². The Bertz CT molecular complexity index is 479. The van der Waals surface area contributed by atoms with Crippen LogP contribution in [0.25, 0.3) is 6.08 Å². The second kappa shape index (κ2) is 5.87. The largest absolute Gasteiger partial charge is 0.478 e. The minimum absolute atomic E-state index is 0.354. The summed E-state index contributed by atoms with van der Waals surface area (Å²) < 4.78 is 0. The van der Waals surface area contributed by atoms with Crippen molar-refractivity contribution in [2.45, 2.75) is 32.7 Å². The van der Waals surface area contributed by atoms with E-state index in [1.807, 2.05) is 12.1 Å². The van der Waals surface area contributed by atoms with Crippen LogP contribution in [0.3, 0.4) is 0 Å². The number of anilines is 1. The molecule has 0 aromatic carbocycles. The lowest BCUT2D eigenvalue weighted by molar-refractivity contribution is -0.131. The van der Waals surface area contributed by atoms with Crippen molar-refractivity contribution in [3.63, 3.8) is 0 Å². The highest BCUT2D eigenvalue weighted by molar-refractivity contribution is 5.86. The zero-order chi connectivity index (χ0) is 13.8. The maximum Gasteiger partial charge on any atom is 0.328 e. The normalized spacial score (nSPS) is 15.1. The van der Waals surface area contributed by atoms with Crippen LogP contribution >= 0.6 is 0 Å². The second-order valence-electron chi connectivity index (χ2n) is 5.28. The Labute approximate surface area is 113 Å². The molecule has 1 fully saturated rings. The monoisotopic (exact) mass is 260 g/mol. The highest BCUT2D eigenvalue weighted by Crippen LogP contribution is 2.32. The molecule has 0 amide bonds. The van der Waals surface area contributed by atoms with Crippen LogP contribution in [0.2, 0.25) is 0 Å². The lowest BCUT2D eigenvalue weighted by Crippen LogP contribution is -2.34. The number of hydrogen-bond acceptors (Lipinski definition) is 3. The quantitative estimate of drug-likeness (QED) is 0.799. The number of aromatic nitrogens is 1. The predicted octanol–water partition coefficient (Wildman–Crippen LogP) is 2.80. The van der Waals surface area contributed by atoms with Gasteiger partial charge >= 0.3 is 5.97 Å². The fourth-order valence-corrected chi connectivity index (χ4v) is 2.06. The van der Waals surface area contributed by atoms with Crippen molar-refractivity contribution in [3.8, 4) is 0 Å². The number of nitrogens with zero attached hydrogens (tertiary/aromatic N) is 2. The molecular formula is C15H20N2O2. The third-order valence-corrected chi connectivity index (χ3v) is 3.27. The fourth-order valence-electron chi connectivity index (χ4n) is 2.06. The number of hydrogen-bond donors (Lipinski definition) is 1. The van der Waals surface area contributed by atoms with Gasteiger partial charge in [-0.15, -0.1) is 0 Å². The maximum absolute atomic E-state index is 10.7. The molecule has 1 N–H and O–H groups in total. The standard InChI is InChI=1S/C15H20N2O2/c1-11(2)17(10-12-5-6-12)15-13(4-3-9-16-15)7-8-14(18)19/h3-4,7-9,11-12H,5-6,10H2,1-2H3,(H,18,19)/b8-7+. The van der Waals surface area contributed by atoms with Crippen molar-refractivity contribution < 1.29 is 9.90 Å². The van der Waals surface area contributed by atoms with Gasteiger partial charge < -0.3 is 10.0 Å². The number of carboxylic acids is 1. The Morgan fingerprint density at radius 2 is 2.32 bits per heavy atom. The molecule has 19 heavy (non-hydrogen) atoms. The zero-order valence-corrected chi connectivity index (χ0v) is 11.4. The topological polar surface area (TPSA) is 53.4 Å². The summed E-state index contributed by atoms with van der Waals surface area (Å²) in [6.07, 6.45) is 7.12. The van der Waals surface area contributed by atoms with Gasteiger partial charge in [-0.05, 0) is 50.8 Å². The molecule has 1 aliphatic carbocycles. The molecule has 0 spiro atoms. The van der Waals surface area contributed by atoms with Gasteiger partial charge in [0.1, 0.15) is 5.82 Å². The van der Waals surface area contributed by atoms with Gasteiger partial charge in [-0.1, -0.05) is 0 Å². The van der Waals surface area contributed by atoms with E-state index in [9.17, 15) is 4.79 Å². The Morgan fingerprint density at radius 3 is 2.89 bits per heavy atom. The van der Waals surface area contributed by atoms with E-state index < -0.39 is 5.97 Å². The summed E-state index contributed by atoms with van der Waals surface area (Å²) in [6, 6.07) is 4.09. The molecule has 4 heteroatoms. The van der Waals surface area contributed by atoms with Gasteiger partial charge in [-0.3, -0.25) is 0 Å². The molecule has 1 heterocycles. The smallest absolute Gasteiger partial charge is 0.328 e. The van der Waals surface area contributed by atoms with E-state index in [2.05, 4.69) is 23.7 Å². The molecule has 0 saturated heterocycles. The average Bonchev–Trinajstić information content (AvgIpc) is 3.17. The molecule has 0 bridgehead atoms. The van der Waals surface area contributed by atoms with Gasteiger partial charge in [0.15, 0.2) is 0 Å². The van der Waals surface area contributed by atoms with Crippen LogP contribution in [0.4, 0.5) is 5.82 Å². The van der Waals surface area contributed by atoms with E-state index in [-0.39, 0.29) is 0 Å². The minimum Gasteiger partial charge on any atom is -0.478 e. The molecule has 1 aromatic rings. The van der Waals surface area contributed by atoms with Crippen molar-refractivity contribution in [2.24, 2.45) is 5.92 Å². The Balaban J connectivity index is 2.26. The summed E-state index contributed by atoms with van der Waals surface area (Å²) in [5, 5.41) is 8.75. The van der Waals surface area contributed by atoms with Crippen molar-refractivity contribution in [1.29, 1.82) is 0 Å². The molecule has 102 valence electrons. The molecule has 0 radical (unpaired) electrons. The van der Waals surface area contributed by atoms with Crippen LogP contribution in [-0.2, 0) is 4.79 Å². The van der Waals surface area contributed by atoms with Gasteiger partial charge in [0.2, 0.25) is 0 Å². The van der Waals surface area contributed by atoms with Gasteiger partial charge in [0, 0.05) is 30.4 Å². The molecule has 2 rings (SSSR count). The average molecular weight is 260 g/mol. The first-order valence-corrected chi connectivity index (χ1v) is 6.70. The molecule has 1 aromatic heterocycles. The second-order valence-corrected chi connectivity index (χ2v) is 5.28. The highest BCUT2D eigenvalue weighted by atomic mass is 16.4. The Kier molecular flexibility index (Phi) is 4.20. The van der Waals surface area contributed by atoms with Crippen LogP contribution in [0.5, 0.6) is 0 Å². The predicted molar refractivity (Wildman–Crippen MR) is 76.1 cm³/mol.